The van der Waals surface area contributed by atoms with Gasteiger partial charge in [0.25, 0.3) is 0 Å². The number of allylic oxidation sites excluding steroid dienone is 4. The van der Waals surface area contributed by atoms with Crippen molar-refractivity contribution in [2.24, 2.45) is 5.92 Å². The number of nitrogens with zero attached hydrogens (tertiary/aromatic N) is 3. The predicted octanol–water partition coefficient (Wildman–Crippen LogP) is 4.85. The van der Waals surface area contributed by atoms with E-state index in [1.54, 1.807) is 11.3 Å². The van der Waals surface area contributed by atoms with Gasteiger partial charge in [-0.2, -0.15) is 4.98 Å². The highest BCUT2D eigenvalue weighted by Crippen LogP contribution is 2.38. The highest BCUT2D eigenvalue weighted by molar-refractivity contribution is 7.21. The molecule has 4 N–H and O–H groups in total. The summed E-state index contributed by atoms with van der Waals surface area (Å²) in [5, 5.41) is 28.0. The monoisotopic (exact) mass is 489 g/mol. The molecule has 1 aromatic carbocycles. The molecule has 5 rings (SSSR count). The lowest BCUT2D eigenvalue weighted by Crippen LogP contribution is -2.29. The SMILES string of the molecule is Cc1nc(NC(C)C2=CCC=CC=C2)nc(NC2CC(CO)CC2O)c1-c1nc2ccccc2s1. The van der Waals surface area contributed by atoms with Crippen LogP contribution in [0.25, 0.3) is 20.8 Å². The summed E-state index contributed by atoms with van der Waals surface area (Å²) in [4.78, 5) is 14.5. The van der Waals surface area contributed by atoms with Crippen LogP contribution in [0.2, 0.25) is 0 Å². The van der Waals surface area contributed by atoms with Crippen molar-refractivity contribution in [3.63, 3.8) is 0 Å². The minimum absolute atomic E-state index is 0.0301. The van der Waals surface area contributed by atoms with Gasteiger partial charge in [0.05, 0.1) is 39.7 Å². The molecule has 2 heterocycles. The molecule has 7 nitrogen and oxygen atoms in total. The molecule has 182 valence electrons. The quantitative estimate of drug-likeness (QED) is 0.376. The van der Waals surface area contributed by atoms with Crippen molar-refractivity contribution < 1.29 is 10.2 Å². The Morgan fingerprint density at radius 3 is 2.80 bits per heavy atom. The van der Waals surface area contributed by atoms with E-state index >= 15 is 0 Å². The highest BCUT2D eigenvalue weighted by Gasteiger charge is 2.34. The van der Waals surface area contributed by atoms with Crippen LogP contribution in [-0.4, -0.2) is 50.0 Å². The number of aromatic nitrogens is 3. The number of anilines is 2. The lowest BCUT2D eigenvalue weighted by Gasteiger charge is -2.22. The molecular weight excluding hydrogens is 458 g/mol. The maximum absolute atomic E-state index is 10.6. The van der Waals surface area contributed by atoms with Crippen molar-refractivity contribution in [2.75, 3.05) is 17.2 Å². The zero-order chi connectivity index (χ0) is 24.4. The first kappa shape index (κ1) is 23.7. The largest absolute Gasteiger partial charge is 0.396 e. The van der Waals surface area contributed by atoms with Gasteiger partial charge < -0.3 is 20.8 Å². The van der Waals surface area contributed by atoms with Crippen molar-refractivity contribution in [1.29, 1.82) is 0 Å². The second-order valence-corrected chi connectivity index (χ2v) is 10.3. The van der Waals surface area contributed by atoms with Crippen LogP contribution in [0.5, 0.6) is 0 Å². The second-order valence-electron chi connectivity index (χ2n) is 9.27. The van der Waals surface area contributed by atoms with E-state index in [2.05, 4.69) is 47.9 Å². The molecular formula is C27H31N5O2S. The molecule has 3 aromatic rings. The summed E-state index contributed by atoms with van der Waals surface area (Å²) in [5.41, 5.74) is 3.78. The molecule has 2 aliphatic carbocycles. The summed E-state index contributed by atoms with van der Waals surface area (Å²) < 4.78 is 1.10. The van der Waals surface area contributed by atoms with Crippen molar-refractivity contribution in [1.82, 2.24) is 15.0 Å². The van der Waals surface area contributed by atoms with Gasteiger partial charge in [-0.25, -0.2) is 9.97 Å². The fourth-order valence-electron chi connectivity index (χ4n) is 4.77. The molecule has 8 heteroatoms. The molecule has 0 saturated heterocycles. The number of rotatable bonds is 7. The Labute approximate surface area is 209 Å². The van der Waals surface area contributed by atoms with E-state index in [1.165, 1.54) is 5.57 Å². The number of hydrogen-bond acceptors (Lipinski definition) is 8. The summed E-state index contributed by atoms with van der Waals surface area (Å²) in [5.74, 6) is 1.26. The Hall–Kier alpha value is -3.07. The molecule has 0 bridgehead atoms. The first-order valence-corrected chi connectivity index (χ1v) is 12.9. The number of thiazole rings is 1. The van der Waals surface area contributed by atoms with Gasteiger partial charge in [0.1, 0.15) is 10.8 Å². The van der Waals surface area contributed by atoms with Crippen LogP contribution in [0.3, 0.4) is 0 Å². The summed E-state index contributed by atoms with van der Waals surface area (Å²) in [6, 6.07) is 7.90. The zero-order valence-electron chi connectivity index (χ0n) is 20.0. The van der Waals surface area contributed by atoms with Crippen molar-refractivity contribution in [3.8, 4) is 10.6 Å². The maximum Gasteiger partial charge on any atom is 0.225 e. The molecule has 4 atom stereocenters. The number of hydrogen-bond donors (Lipinski definition) is 4. The molecule has 4 unspecified atom stereocenters. The number of aliphatic hydroxyl groups is 2. The van der Waals surface area contributed by atoms with Gasteiger partial charge in [0, 0.05) is 6.61 Å². The number of fused-ring (bicyclic) bond motifs is 1. The Kier molecular flexibility index (Phi) is 6.95. The van der Waals surface area contributed by atoms with Crippen LogP contribution in [0.4, 0.5) is 11.8 Å². The first-order chi connectivity index (χ1) is 17.0. The van der Waals surface area contributed by atoms with Crippen LogP contribution in [0.1, 0.15) is 31.9 Å². The summed E-state index contributed by atoms with van der Waals surface area (Å²) in [6.07, 6.45) is 12.1. The Morgan fingerprint density at radius 1 is 1.14 bits per heavy atom. The van der Waals surface area contributed by atoms with E-state index in [-0.39, 0.29) is 24.6 Å². The smallest absolute Gasteiger partial charge is 0.225 e. The normalized spacial score (nSPS) is 22.7. The molecule has 2 aliphatic rings. The molecule has 0 amide bonds. The van der Waals surface area contributed by atoms with E-state index in [9.17, 15) is 10.2 Å². The molecule has 0 spiro atoms. The van der Waals surface area contributed by atoms with Crippen LogP contribution >= 0.6 is 11.3 Å². The van der Waals surface area contributed by atoms with E-state index in [4.69, 9.17) is 15.0 Å². The average molecular weight is 490 g/mol. The standard InChI is InChI=1S/C27H31N5O2S/c1-16(19-9-5-3-4-6-10-19)28-27-29-17(2)24(26-31-20-11-7-8-12-23(20)35-26)25(32-27)30-21-13-18(15-33)14-22(21)34/h3-5,7-12,16,18,21-22,33-34H,6,13-15H2,1-2H3,(H2,28,29,30,32). The maximum atomic E-state index is 10.6. The molecule has 1 fully saturated rings. The zero-order valence-corrected chi connectivity index (χ0v) is 20.8. The Morgan fingerprint density at radius 2 is 2.00 bits per heavy atom. The number of aryl methyl sites for hydroxylation is 1. The molecule has 2 aromatic heterocycles. The van der Waals surface area contributed by atoms with Gasteiger partial charge in [-0.15, -0.1) is 11.3 Å². The van der Waals surface area contributed by atoms with Crippen LogP contribution in [-0.2, 0) is 0 Å². The average Bonchev–Trinajstić information content (AvgIpc) is 3.30. The molecule has 0 aliphatic heterocycles. The van der Waals surface area contributed by atoms with Crippen LogP contribution in [0.15, 0.2) is 60.2 Å². The van der Waals surface area contributed by atoms with E-state index in [0.717, 1.165) is 32.9 Å². The van der Waals surface area contributed by atoms with Gasteiger partial charge in [-0.05, 0) is 56.7 Å². The lowest BCUT2D eigenvalue weighted by molar-refractivity contribution is 0.157. The number of benzene rings is 1. The fourth-order valence-corrected chi connectivity index (χ4v) is 5.83. The van der Waals surface area contributed by atoms with E-state index < -0.39 is 6.10 Å². The van der Waals surface area contributed by atoms with Gasteiger partial charge in [-0.1, -0.05) is 42.5 Å². The molecule has 35 heavy (non-hydrogen) atoms. The summed E-state index contributed by atoms with van der Waals surface area (Å²) in [6.45, 7) is 4.15. The fraction of sp³-hybridized carbons (Fsp3) is 0.370. The van der Waals surface area contributed by atoms with E-state index in [0.29, 0.717) is 24.6 Å². The van der Waals surface area contributed by atoms with Crippen molar-refractivity contribution in [2.45, 2.75) is 51.3 Å². The van der Waals surface area contributed by atoms with Gasteiger partial charge in [0.2, 0.25) is 5.95 Å². The van der Waals surface area contributed by atoms with Gasteiger partial charge in [-0.3, -0.25) is 0 Å². The predicted molar refractivity (Wildman–Crippen MR) is 143 cm³/mol. The van der Waals surface area contributed by atoms with Crippen molar-refractivity contribution in [3.05, 3.63) is 65.9 Å². The number of aliphatic hydroxyl groups excluding tert-OH is 2. The minimum atomic E-state index is -0.547. The highest BCUT2D eigenvalue weighted by atomic mass is 32.1. The first-order valence-electron chi connectivity index (χ1n) is 12.1. The minimum Gasteiger partial charge on any atom is -0.396 e. The van der Waals surface area contributed by atoms with Gasteiger partial charge in [0.15, 0.2) is 0 Å². The van der Waals surface area contributed by atoms with E-state index in [1.807, 2.05) is 31.2 Å². The van der Waals surface area contributed by atoms with Gasteiger partial charge >= 0.3 is 0 Å². The second kappa shape index (κ2) is 10.3. The summed E-state index contributed by atoms with van der Waals surface area (Å²) in [7, 11) is 0. The molecule has 0 radical (unpaired) electrons. The third-order valence-corrected chi connectivity index (χ3v) is 7.73. The van der Waals surface area contributed by atoms with Crippen molar-refractivity contribution >= 4 is 33.3 Å². The topological polar surface area (TPSA) is 103 Å². The summed E-state index contributed by atoms with van der Waals surface area (Å²) >= 11 is 1.61. The lowest BCUT2D eigenvalue weighted by atomic mass is 10.1. The van der Waals surface area contributed by atoms with Crippen LogP contribution < -0.4 is 10.6 Å². The number of para-hydroxylation sites is 1. The third-order valence-electron chi connectivity index (χ3n) is 6.68. The number of nitrogens with one attached hydrogen (secondary N) is 2. The van der Waals surface area contributed by atoms with Crippen LogP contribution in [0, 0.1) is 12.8 Å². The molecule has 1 saturated carbocycles. The Bertz CT molecular complexity index is 1260. The Balaban J connectivity index is 1.51. The third kappa shape index (κ3) is 5.15.